The minimum Gasteiger partial charge on any atom is -0.469 e. The number of carbonyl (C=O) groups is 2. The van der Waals surface area contributed by atoms with E-state index in [9.17, 15) is 9.59 Å². The molecule has 0 amide bonds. The lowest BCUT2D eigenvalue weighted by atomic mass is 9.86. The van der Waals surface area contributed by atoms with Gasteiger partial charge in [0.1, 0.15) is 5.78 Å². The van der Waals surface area contributed by atoms with E-state index in [0.717, 1.165) is 5.56 Å². The molecule has 0 aromatic heterocycles. The minimum atomic E-state index is -0.337. The molecule has 1 aromatic carbocycles. The van der Waals surface area contributed by atoms with E-state index in [0.29, 0.717) is 6.42 Å². The van der Waals surface area contributed by atoms with Gasteiger partial charge in [0.05, 0.1) is 13.5 Å². The fourth-order valence-corrected chi connectivity index (χ4v) is 1.78. The first-order chi connectivity index (χ1) is 8.82. The molecule has 0 fully saturated rings. The molecule has 0 saturated heterocycles. The molecule has 0 bridgehead atoms. The second kappa shape index (κ2) is 6.50. The molecule has 0 radical (unpaired) electrons. The monoisotopic (exact) mass is 262 g/mol. The third kappa shape index (κ3) is 5.25. The summed E-state index contributed by atoms with van der Waals surface area (Å²) in [6, 6.07) is 8.08. The Morgan fingerprint density at radius 2 is 1.63 bits per heavy atom. The quantitative estimate of drug-likeness (QED) is 0.766. The van der Waals surface area contributed by atoms with Gasteiger partial charge in [-0.1, -0.05) is 45.0 Å². The molecule has 0 saturated carbocycles. The molecule has 0 unspecified atom stereocenters. The van der Waals surface area contributed by atoms with E-state index in [4.69, 9.17) is 0 Å². The van der Waals surface area contributed by atoms with Crippen LogP contribution in [0.4, 0.5) is 0 Å². The summed E-state index contributed by atoms with van der Waals surface area (Å²) in [5.74, 6) is -0.273. The highest BCUT2D eigenvalue weighted by molar-refractivity contribution is 5.84. The molecular formula is C16H22O3. The van der Waals surface area contributed by atoms with Crippen molar-refractivity contribution in [3.05, 3.63) is 35.4 Å². The number of carbonyl (C=O) groups excluding carboxylic acids is 2. The van der Waals surface area contributed by atoms with Gasteiger partial charge in [-0.05, 0) is 16.5 Å². The minimum absolute atomic E-state index is 0.0638. The number of ether oxygens (including phenoxy) is 1. The molecule has 0 aliphatic carbocycles. The average molecular weight is 262 g/mol. The third-order valence-electron chi connectivity index (χ3n) is 3.06. The van der Waals surface area contributed by atoms with Gasteiger partial charge in [-0.15, -0.1) is 0 Å². The zero-order valence-electron chi connectivity index (χ0n) is 12.2. The smallest absolute Gasteiger partial charge is 0.305 e. The van der Waals surface area contributed by atoms with E-state index in [1.807, 2.05) is 12.1 Å². The van der Waals surface area contributed by atoms with Crippen LogP contribution in [0.2, 0.25) is 0 Å². The first-order valence-electron chi connectivity index (χ1n) is 6.51. The number of methoxy groups -OCH3 is 1. The fourth-order valence-electron chi connectivity index (χ4n) is 1.78. The van der Waals surface area contributed by atoms with Crippen LogP contribution in [-0.4, -0.2) is 18.9 Å². The Morgan fingerprint density at radius 3 is 2.11 bits per heavy atom. The summed E-state index contributed by atoms with van der Waals surface area (Å²) in [7, 11) is 1.33. The lowest BCUT2D eigenvalue weighted by Crippen LogP contribution is -2.11. The second-order valence-electron chi connectivity index (χ2n) is 5.74. The molecule has 0 N–H and O–H groups in total. The highest BCUT2D eigenvalue weighted by atomic mass is 16.5. The maximum atomic E-state index is 11.7. The molecule has 0 aliphatic rings. The van der Waals surface area contributed by atoms with Gasteiger partial charge in [-0.3, -0.25) is 9.59 Å². The van der Waals surface area contributed by atoms with Gasteiger partial charge in [-0.2, -0.15) is 0 Å². The molecule has 19 heavy (non-hydrogen) atoms. The SMILES string of the molecule is COC(=O)CCC(=O)Cc1ccc(C(C)(C)C)cc1. The van der Waals surface area contributed by atoms with Crippen LogP contribution >= 0.6 is 0 Å². The maximum Gasteiger partial charge on any atom is 0.305 e. The van der Waals surface area contributed by atoms with Crippen LogP contribution in [0, 0.1) is 0 Å². The zero-order valence-corrected chi connectivity index (χ0v) is 12.2. The first-order valence-corrected chi connectivity index (χ1v) is 6.51. The summed E-state index contributed by atoms with van der Waals surface area (Å²) in [5, 5.41) is 0. The summed E-state index contributed by atoms with van der Waals surface area (Å²) in [4.78, 5) is 22.7. The summed E-state index contributed by atoms with van der Waals surface area (Å²) in [6.45, 7) is 6.47. The van der Waals surface area contributed by atoms with Crippen LogP contribution < -0.4 is 0 Å². The Bertz CT molecular complexity index is 438. The van der Waals surface area contributed by atoms with Gasteiger partial charge in [0.25, 0.3) is 0 Å². The van der Waals surface area contributed by atoms with Crippen LogP contribution in [0.1, 0.15) is 44.7 Å². The third-order valence-corrected chi connectivity index (χ3v) is 3.06. The van der Waals surface area contributed by atoms with E-state index >= 15 is 0 Å². The number of rotatable bonds is 5. The molecule has 104 valence electrons. The number of esters is 1. The Balaban J connectivity index is 2.54. The van der Waals surface area contributed by atoms with Crippen LogP contribution in [0.3, 0.4) is 0 Å². The predicted octanol–water partition coefficient (Wildman–Crippen LogP) is 3.05. The lowest BCUT2D eigenvalue weighted by molar-refractivity contribution is -0.141. The molecule has 0 atom stereocenters. The second-order valence-corrected chi connectivity index (χ2v) is 5.74. The molecule has 3 heteroatoms. The van der Waals surface area contributed by atoms with Gasteiger partial charge in [0, 0.05) is 12.8 Å². The highest BCUT2D eigenvalue weighted by Gasteiger charge is 2.13. The van der Waals surface area contributed by atoms with Crippen LogP contribution in [0.15, 0.2) is 24.3 Å². The van der Waals surface area contributed by atoms with E-state index in [1.54, 1.807) is 0 Å². The molecular weight excluding hydrogens is 240 g/mol. The fraction of sp³-hybridized carbons (Fsp3) is 0.500. The summed E-state index contributed by atoms with van der Waals surface area (Å²) in [6.07, 6.45) is 0.782. The summed E-state index contributed by atoms with van der Waals surface area (Å²) in [5.41, 5.74) is 2.36. The largest absolute Gasteiger partial charge is 0.469 e. The molecule has 3 nitrogen and oxygen atoms in total. The Kier molecular flexibility index (Phi) is 5.28. The van der Waals surface area contributed by atoms with E-state index < -0.39 is 0 Å². The number of Topliss-reactive ketones (excluding diaryl/α,β-unsaturated/α-hetero) is 1. The van der Waals surface area contributed by atoms with E-state index in [-0.39, 0.29) is 30.0 Å². The van der Waals surface area contributed by atoms with Gasteiger partial charge in [0.2, 0.25) is 0 Å². The number of hydrogen-bond donors (Lipinski definition) is 0. The number of hydrogen-bond acceptors (Lipinski definition) is 3. The first kappa shape index (κ1) is 15.4. The van der Waals surface area contributed by atoms with Gasteiger partial charge >= 0.3 is 5.97 Å². The summed E-state index contributed by atoms with van der Waals surface area (Å²) < 4.78 is 4.51. The highest BCUT2D eigenvalue weighted by Crippen LogP contribution is 2.22. The Morgan fingerprint density at radius 1 is 1.05 bits per heavy atom. The van der Waals surface area contributed by atoms with Gasteiger partial charge in [-0.25, -0.2) is 0 Å². The molecule has 1 rings (SSSR count). The van der Waals surface area contributed by atoms with Gasteiger partial charge < -0.3 is 4.74 Å². The molecule has 0 aliphatic heterocycles. The summed E-state index contributed by atoms with van der Waals surface area (Å²) >= 11 is 0. The maximum absolute atomic E-state index is 11.7. The lowest BCUT2D eigenvalue weighted by Gasteiger charge is -2.19. The number of ketones is 1. The van der Waals surface area contributed by atoms with Crippen molar-refractivity contribution >= 4 is 11.8 Å². The zero-order chi connectivity index (χ0) is 14.5. The van der Waals surface area contributed by atoms with Crippen LogP contribution in [-0.2, 0) is 26.2 Å². The van der Waals surface area contributed by atoms with Crippen molar-refractivity contribution < 1.29 is 14.3 Å². The molecule has 1 aromatic rings. The van der Waals surface area contributed by atoms with Crippen LogP contribution in [0.5, 0.6) is 0 Å². The van der Waals surface area contributed by atoms with Crippen molar-refractivity contribution in [2.24, 2.45) is 0 Å². The van der Waals surface area contributed by atoms with Crippen molar-refractivity contribution in [1.29, 1.82) is 0 Å². The Hall–Kier alpha value is -1.64. The topological polar surface area (TPSA) is 43.4 Å². The normalized spacial score (nSPS) is 11.2. The van der Waals surface area contributed by atoms with Crippen molar-refractivity contribution in [3.63, 3.8) is 0 Å². The standard InChI is InChI=1S/C16H22O3/c1-16(2,3)13-7-5-12(6-8-13)11-14(17)9-10-15(18)19-4/h5-8H,9-11H2,1-4H3. The average Bonchev–Trinajstić information content (AvgIpc) is 2.35. The van der Waals surface area contributed by atoms with Crippen molar-refractivity contribution in [1.82, 2.24) is 0 Å². The van der Waals surface area contributed by atoms with Gasteiger partial charge in [0.15, 0.2) is 0 Å². The predicted molar refractivity (Wildman–Crippen MR) is 75.1 cm³/mol. The Labute approximate surface area is 115 Å². The van der Waals surface area contributed by atoms with Crippen molar-refractivity contribution in [3.8, 4) is 0 Å². The molecule has 0 heterocycles. The van der Waals surface area contributed by atoms with Crippen LogP contribution in [0.25, 0.3) is 0 Å². The van der Waals surface area contributed by atoms with E-state index in [1.165, 1.54) is 12.7 Å². The van der Waals surface area contributed by atoms with E-state index in [2.05, 4.69) is 37.6 Å². The van der Waals surface area contributed by atoms with Crippen molar-refractivity contribution in [2.45, 2.75) is 45.4 Å². The van der Waals surface area contributed by atoms with Crippen molar-refractivity contribution in [2.75, 3.05) is 7.11 Å². The number of benzene rings is 1. The molecule has 0 spiro atoms.